The van der Waals surface area contributed by atoms with Gasteiger partial charge in [0.15, 0.2) is 0 Å². The Balaban J connectivity index is 1.80. The van der Waals surface area contributed by atoms with Crippen LogP contribution < -0.4 is 10.2 Å². The van der Waals surface area contributed by atoms with Crippen molar-refractivity contribution in [1.82, 2.24) is 15.2 Å². The van der Waals surface area contributed by atoms with Crippen LogP contribution in [0, 0.1) is 0 Å². The lowest BCUT2D eigenvalue weighted by Crippen LogP contribution is -2.52. The Morgan fingerprint density at radius 3 is 3.00 bits per heavy atom. The van der Waals surface area contributed by atoms with Crippen molar-refractivity contribution >= 4 is 43.7 Å². The molecule has 0 aromatic carbocycles. The minimum atomic E-state index is 0.0579. The Morgan fingerprint density at radius 2 is 2.22 bits per heavy atom. The molecule has 3 heterocycles. The lowest BCUT2D eigenvalue weighted by Gasteiger charge is -2.37. The highest BCUT2D eigenvalue weighted by atomic mass is 79.9. The number of aromatic nitrogens is 1. The maximum Gasteiger partial charge on any atom is 0.317 e. The molecule has 18 heavy (non-hydrogen) atoms. The van der Waals surface area contributed by atoms with E-state index in [1.165, 1.54) is 0 Å². The first kappa shape index (κ1) is 12.2. The van der Waals surface area contributed by atoms with Crippen LogP contribution >= 0.6 is 31.9 Å². The number of hydrogen-bond donors (Lipinski definition) is 1. The molecule has 1 unspecified atom stereocenters. The van der Waals surface area contributed by atoms with Crippen LogP contribution in [-0.4, -0.2) is 48.1 Å². The zero-order valence-corrected chi connectivity index (χ0v) is 12.7. The van der Waals surface area contributed by atoms with Crippen molar-refractivity contribution in [2.45, 2.75) is 6.04 Å². The first-order chi connectivity index (χ1) is 8.65. The summed E-state index contributed by atoms with van der Waals surface area (Å²) in [5.74, 6) is 0.942. The van der Waals surface area contributed by atoms with E-state index in [1.54, 1.807) is 6.20 Å². The van der Waals surface area contributed by atoms with Crippen molar-refractivity contribution in [3.8, 4) is 0 Å². The number of nitrogens with one attached hydrogen (secondary N) is 1. The Kier molecular flexibility index (Phi) is 3.19. The minimum Gasteiger partial charge on any atom is -0.352 e. The van der Waals surface area contributed by atoms with Crippen molar-refractivity contribution in [2.75, 3.05) is 31.1 Å². The van der Waals surface area contributed by atoms with E-state index in [-0.39, 0.29) is 12.1 Å². The van der Waals surface area contributed by atoms with Crippen LogP contribution in [0.3, 0.4) is 0 Å². The van der Waals surface area contributed by atoms with Crippen LogP contribution in [0.2, 0.25) is 0 Å². The average molecular weight is 376 g/mol. The molecule has 2 fully saturated rings. The van der Waals surface area contributed by atoms with Crippen molar-refractivity contribution in [3.63, 3.8) is 0 Å². The molecule has 0 saturated carbocycles. The topological polar surface area (TPSA) is 48.5 Å². The van der Waals surface area contributed by atoms with Crippen molar-refractivity contribution in [3.05, 3.63) is 21.2 Å². The summed E-state index contributed by atoms with van der Waals surface area (Å²) in [7, 11) is 0. The largest absolute Gasteiger partial charge is 0.352 e. The van der Waals surface area contributed by atoms with E-state index in [1.807, 2.05) is 11.0 Å². The molecule has 1 aromatic heterocycles. The van der Waals surface area contributed by atoms with Crippen LogP contribution in [0.25, 0.3) is 0 Å². The van der Waals surface area contributed by atoms with Crippen LogP contribution in [0.5, 0.6) is 0 Å². The monoisotopic (exact) mass is 374 g/mol. The fraction of sp³-hybridized carbons (Fsp3) is 0.455. The molecule has 0 radical (unpaired) electrons. The van der Waals surface area contributed by atoms with Gasteiger partial charge in [0.25, 0.3) is 0 Å². The van der Waals surface area contributed by atoms with E-state index < -0.39 is 0 Å². The number of hydrogen-bond acceptors (Lipinski definition) is 3. The third-order valence-corrected chi connectivity index (χ3v) is 4.34. The molecule has 2 aliphatic rings. The standard InChI is InChI=1S/C11H12Br2N4O/c12-7-3-9(13)10(14-4-7)16-1-2-17-8(6-16)5-15-11(17)18/h3-4,8H,1-2,5-6H2,(H,15,18). The molecule has 0 spiro atoms. The van der Waals surface area contributed by atoms with Gasteiger partial charge in [0, 0.05) is 36.8 Å². The van der Waals surface area contributed by atoms with Gasteiger partial charge in [-0.05, 0) is 37.9 Å². The number of nitrogens with zero attached hydrogens (tertiary/aromatic N) is 3. The highest BCUT2D eigenvalue weighted by Gasteiger charge is 2.36. The number of anilines is 1. The number of rotatable bonds is 1. The van der Waals surface area contributed by atoms with Crippen LogP contribution in [0.15, 0.2) is 21.2 Å². The Bertz CT molecular complexity index is 496. The van der Waals surface area contributed by atoms with Gasteiger partial charge in [-0.25, -0.2) is 9.78 Å². The summed E-state index contributed by atoms with van der Waals surface area (Å²) in [4.78, 5) is 20.1. The van der Waals surface area contributed by atoms with Gasteiger partial charge in [0.05, 0.1) is 10.5 Å². The van der Waals surface area contributed by atoms with Crippen molar-refractivity contribution in [1.29, 1.82) is 0 Å². The van der Waals surface area contributed by atoms with Gasteiger partial charge in [-0.3, -0.25) is 0 Å². The third kappa shape index (κ3) is 2.09. The van der Waals surface area contributed by atoms with E-state index in [0.717, 1.165) is 40.9 Å². The summed E-state index contributed by atoms with van der Waals surface area (Å²) < 4.78 is 1.93. The number of amides is 2. The van der Waals surface area contributed by atoms with Crippen LogP contribution in [-0.2, 0) is 0 Å². The third-order valence-electron chi connectivity index (χ3n) is 3.32. The molecule has 7 heteroatoms. The number of halogens is 2. The van der Waals surface area contributed by atoms with Crippen LogP contribution in [0.4, 0.5) is 10.6 Å². The van der Waals surface area contributed by atoms with Crippen LogP contribution in [0.1, 0.15) is 0 Å². The number of fused-ring (bicyclic) bond motifs is 1. The predicted molar refractivity (Wildman–Crippen MR) is 75.7 cm³/mol. The zero-order valence-electron chi connectivity index (χ0n) is 9.57. The molecule has 0 aliphatic carbocycles. The summed E-state index contributed by atoms with van der Waals surface area (Å²) in [6.45, 7) is 3.12. The van der Waals surface area contributed by atoms with Gasteiger partial charge in [0.2, 0.25) is 0 Å². The molecule has 1 atom stereocenters. The number of carbonyl (C=O) groups excluding carboxylic acids is 1. The Morgan fingerprint density at radius 1 is 1.39 bits per heavy atom. The predicted octanol–water partition coefficient (Wildman–Crippen LogP) is 1.82. The van der Waals surface area contributed by atoms with Crippen molar-refractivity contribution in [2.24, 2.45) is 0 Å². The first-order valence-electron chi connectivity index (χ1n) is 5.75. The number of urea groups is 1. The molecular formula is C11H12Br2N4O. The fourth-order valence-corrected chi connectivity index (χ4v) is 3.67. The normalized spacial score (nSPS) is 23.0. The maximum atomic E-state index is 11.5. The maximum absolute atomic E-state index is 11.5. The molecule has 2 aliphatic heterocycles. The van der Waals surface area contributed by atoms with Gasteiger partial charge < -0.3 is 15.1 Å². The second kappa shape index (κ2) is 4.70. The average Bonchev–Trinajstić information content (AvgIpc) is 2.71. The van der Waals surface area contributed by atoms with Gasteiger partial charge >= 0.3 is 6.03 Å². The quantitative estimate of drug-likeness (QED) is 0.814. The molecule has 3 rings (SSSR count). The fourth-order valence-electron chi connectivity index (χ4n) is 2.44. The summed E-state index contributed by atoms with van der Waals surface area (Å²) >= 11 is 6.94. The zero-order chi connectivity index (χ0) is 12.7. The SMILES string of the molecule is O=C1NCC2CN(c3ncc(Br)cc3Br)CCN12. The summed E-state index contributed by atoms with van der Waals surface area (Å²) in [6, 6.07) is 2.30. The Hall–Kier alpha value is -0.820. The molecule has 1 N–H and O–H groups in total. The second-order valence-electron chi connectivity index (χ2n) is 4.44. The lowest BCUT2D eigenvalue weighted by atomic mass is 10.2. The van der Waals surface area contributed by atoms with Gasteiger partial charge in [-0.2, -0.15) is 0 Å². The molecule has 2 saturated heterocycles. The highest BCUT2D eigenvalue weighted by molar-refractivity contribution is 9.11. The molecule has 5 nitrogen and oxygen atoms in total. The molecule has 1 aromatic rings. The number of carbonyl (C=O) groups is 1. The number of pyridine rings is 1. The lowest BCUT2D eigenvalue weighted by molar-refractivity contribution is 0.197. The second-order valence-corrected chi connectivity index (χ2v) is 6.21. The Labute approximate surface area is 122 Å². The van der Waals surface area contributed by atoms with E-state index in [2.05, 4.69) is 47.1 Å². The number of piperazine rings is 1. The highest BCUT2D eigenvalue weighted by Crippen LogP contribution is 2.28. The first-order valence-corrected chi connectivity index (χ1v) is 7.34. The smallest absolute Gasteiger partial charge is 0.317 e. The van der Waals surface area contributed by atoms with E-state index >= 15 is 0 Å². The summed E-state index contributed by atoms with van der Waals surface area (Å²) in [6.07, 6.45) is 1.80. The van der Waals surface area contributed by atoms with E-state index in [4.69, 9.17) is 0 Å². The van der Waals surface area contributed by atoms with Gasteiger partial charge in [0.1, 0.15) is 5.82 Å². The van der Waals surface area contributed by atoms with E-state index in [0.29, 0.717) is 0 Å². The molecule has 96 valence electrons. The summed E-state index contributed by atoms with van der Waals surface area (Å²) in [5.41, 5.74) is 0. The molecule has 2 amide bonds. The molecular weight excluding hydrogens is 364 g/mol. The molecule has 0 bridgehead atoms. The van der Waals surface area contributed by atoms with E-state index in [9.17, 15) is 4.79 Å². The van der Waals surface area contributed by atoms with Crippen molar-refractivity contribution < 1.29 is 4.79 Å². The summed E-state index contributed by atoms with van der Waals surface area (Å²) in [5, 5.41) is 2.88. The van der Waals surface area contributed by atoms with Gasteiger partial charge in [-0.15, -0.1) is 0 Å². The van der Waals surface area contributed by atoms with Gasteiger partial charge in [-0.1, -0.05) is 0 Å². The minimum absolute atomic E-state index is 0.0579.